The topological polar surface area (TPSA) is 28.2 Å². The van der Waals surface area contributed by atoms with Gasteiger partial charge in [0.15, 0.2) is 0 Å². The molecule has 0 bridgehead atoms. The minimum Gasteiger partial charge on any atom is -0.313 e. The Kier molecular flexibility index (Phi) is 4.72. The molecular weight excluding hydrogens is 222 g/mol. The van der Waals surface area contributed by atoms with Crippen LogP contribution in [0.25, 0.3) is 0 Å². The molecule has 2 unspecified atom stereocenters. The molecule has 2 atom stereocenters. The van der Waals surface area contributed by atoms with Crippen molar-refractivity contribution in [3.05, 3.63) is 30.1 Å². The highest BCUT2D eigenvalue weighted by Gasteiger charge is 2.24. The van der Waals surface area contributed by atoms with Crippen molar-refractivity contribution >= 4 is 0 Å². The van der Waals surface area contributed by atoms with Gasteiger partial charge in [0.1, 0.15) is 0 Å². The fourth-order valence-corrected chi connectivity index (χ4v) is 2.78. The van der Waals surface area contributed by atoms with E-state index < -0.39 is 0 Å². The second kappa shape index (κ2) is 6.30. The largest absolute Gasteiger partial charge is 0.313 e. The Morgan fingerprint density at radius 3 is 2.78 bits per heavy atom. The molecule has 0 amide bonds. The molecule has 0 aromatic carbocycles. The summed E-state index contributed by atoms with van der Waals surface area (Å²) in [6, 6.07) is 7.76. The molecule has 1 saturated heterocycles. The van der Waals surface area contributed by atoms with Gasteiger partial charge in [-0.25, -0.2) is 0 Å². The summed E-state index contributed by atoms with van der Waals surface area (Å²) in [7, 11) is 0. The van der Waals surface area contributed by atoms with Gasteiger partial charge in [0.2, 0.25) is 0 Å². The Labute approximate surface area is 111 Å². The third-order valence-electron chi connectivity index (χ3n) is 3.87. The summed E-state index contributed by atoms with van der Waals surface area (Å²) in [4.78, 5) is 7.04. The predicted octanol–water partition coefficient (Wildman–Crippen LogP) is 2.61. The van der Waals surface area contributed by atoms with Gasteiger partial charge in [0.05, 0.1) is 5.69 Å². The van der Waals surface area contributed by atoms with Crippen molar-refractivity contribution in [2.75, 3.05) is 13.1 Å². The number of rotatable bonds is 5. The van der Waals surface area contributed by atoms with Crippen molar-refractivity contribution in [2.45, 2.75) is 51.7 Å². The summed E-state index contributed by atoms with van der Waals surface area (Å²) in [6.45, 7) is 9.10. The lowest BCUT2D eigenvalue weighted by atomic mass is 10.1. The fraction of sp³-hybridized carbons (Fsp3) is 0.667. The fourth-order valence-electron chi connectivity index (χ4n) is 2.78. The summed E-state index contributed by atoms with van der Waals surface area (Å²) in [5.41, 5.74) is 1.17. The number of aromatic nitrogens is 1. The number of pyridine rings is 1. The molecule has 100 valence electrons. The van der Waals surface area contributed by atoms with Gasteiger partial charge in [0.25, 0.3) is 0 Å². The molecule has 2 rings (SSSR count). The van der Waals surface area contributed by atoms with Gasteiger partial charge in [-0.05, 0) is 52.3 Å². The molecule has 1 N–H and O–H groups in total. The molecule has 1 aliphatic rings. The van der Waals surface area contributed by atoms with Crippen molar-refractivity contribution in [2.24, 2.45) is 0 Å². The third kappa shape index (κ3) is 3.30. The zero-order chi connectivity index (χ0) is 13.0. The van der Waals surface area contributed by atoms with Crippen LogP contribution in [0.4, 0.5) is 0 Å². The van der Waals surface area contributed by atoms with Crippen molar-refractivity contribution in [3.8, 4) is 0 Å². The lowest BCUT2D eigenvalue weighted by Crippen LogP contribution is -2.42. The average molecular weight is 247 g/mol. The van der Waals surface area contributed by atoms with Crippen LogP contribution in [0.15, 0.2) is 24.4 Å². The van der Waals surface area contributed by atoms with Crippen LogP contribution in [-0.4, -0.2) is 35.1 Å². The Morgan fingerprint density at radius 1 is 1.39 bits per heavy atom. The van der Waals surface area contributed by atoms with E-state index in [0.29, 0.717) is 18.1 Å². The number of hydrogen-bond donors (Lipinski definition) is 1. The van der Waals surface area contributed by atoms with Gasteiger partial charge in [-0.2, -0.15) is 0 Å². The molecule has 3 nitrogen and oxygen atoms in total. The summed E-state index contributed by atoms with van der Waals surface area (Å²) in [6.07, 6.45) is 4.50. The minimum atomic E-state index is 0.383. The van der Waals surface area contributed by atoms with Crippen molar-refractivity contribution in [3.63, 3.8) is 0 Å². The first kappa shape index (κ1) is 13.5. The maximum atomic E-state index is 4.49. The first-order chi connectivity index (χ1) is 8.68. The Morgan fingerprint density at radius 2 is 2.22 bits per heavy atom. The second-order valence-corrected chi connectivity index (χ2v) is 5.51. The lowest BCUT2D eigenvalue weighted by Gasteiger charge is -2.34. The molecule has 2 heterocycles. The molecular formula is C15H25N3. The summed E-state index contributed by atoms with van der Waals surface area (Å²) >= 11 is 0. The van der Waals surface area contributed by atoms with E-state index in [0.717, 1.165) is 6.54 Å². The third-order valence-corrected chi connectivity index (χ3v) is 3.87. The molecule has 1 aromatic heterocycles. The molecule has 1 fully saturated rings. The molecule has 0 saturated carbocycles. The Balaban J connectivity index is 2.04. The maximum absolute atomic E-state index is 4.49. The van der Waals surface area contributed by atoms with Crippen LogP contribution in [0.5, 0.6) is 0 Å². The van der Waals surface area contributed by atoms with Gasteiger partial charge in [-0.1, -0.05) is 6.07 Å². The highest BCUT2D eigenvalue weighted by molar-refractivity contribution is 5.08. The van der Waals surface area contributed by atoms with E-state index in [1.165, 1.54) is 25.1 Å². The molecule has 3 heteroatoms. The standard InChI is InChI=1S/C15H25N3/c1-12(2)18(11-14-7-6-10-16-14)13(3)15-8-4-5-9-17-15/h4-5,8-9,12-14,16H,6-7,10-11H2,1-3H3. The molecule has 0 spiro atoms. The highest BCUT2D eigenvalue weighted by atomic mass is 15.2. The molecule has 1 aromatic rings. The van der Waals surface area contributed by atoms with Crippen molar-refractivity contribution in [1.29, 1.82) is 0 Å². The molecule has 0 aliphatic carbocycles. The predicted molar refractivity (Wildman–Crippen MR) is 75.5 cm³/mol. The number of nitrogens with zero attached hydrogens (tertiary/aromatic N) is 2. The molecule has 18 heavy (non-hydrogen) atoms. The smallest absolute Gasteiger partial charge is 0.0572 e. The zero-order valence-electron chi connectivity index (χ0n) is 11.8. The highest BCUT2D eigenvalue weighted by Crippen LogP contribution is 2.22. The van der Waals surface area contributed by atoms with E-state index in [9.17, 15) is 0 Å². The quantitative estimate of drug-likeness (QED) is 0.867. The van der Waals surface area contributed by atoms with Gasteiger partial charge >= 0.3 is 0 Å². The van der Waals surface area contributed by atoms with Crippen molar-refractivity contribution in [1.82, 2.24) is 15.2 Å². The van der Waals surface area contributed by atoms with E-state index in [1.807, 2.05) is 12.3 Å². The zero-order valence-corrected chi connectivity index (χ0v) is 11.8. The van der Waals surface area contributed by atoms with E-state index in [1.54, 1.807) is 0 Å². The van der Waals surface area contributed by atoms with Crippen LogP contribution in [0.1, 0.15) is 45.3 Å². The SMILES string of the molecule is CC(C)N(CC1CCCN1)C(C)c1ccccn1. The minimum absolute atomic E-state index is 0.383. The van der Waals surface area contributed by atoms with Gasteiger partial charge in [0, 0.05) is 30.9 Å². The maximum Gasteiger partial charge on any atom is 0.0572 e. The van der Waals surface area contributed by atoms with Crippen molar-refractivity contribution < 1.29 is 0 Å². The summed E-state index contributed by atoms with van der Waals surface area (Å²) in [5, 5.41) is 3.59. The van der Waals surface area contributed by atoms with Crippen LogP contribution >= 0.6 is 0 Å². The van der Waals surface area contributed by atoms with Gasteiger partial charge < -0.3 is 5.32 Å². The van der Waals surface area contributed by atoms with Crippen LogP contribution in [0, 0.1) is 0 Å². The van der Waals surface area contributed by atoms with E-state index in [4.69, 9.17) is 0 Å². The number of nitrogens with one attached hydrogen (secondary N) is 1. The molecule has 0 radical (unpaired) electrons. The van der Waals surface area contributed by atoms with Gasteiger partial charge in [-0.15, -0.1) is 0 Å². The monoisotopic (exact) mass is 247 g/mol. The first-order valence-electron chi connectivity index (χ1n) is 7.08. The summed E-state index contributed by atoms with van der Waals surface area (Å²) < 4.78 is 0. The Hall–Kier alpha value is -0.930. The van der Waals surface area contributed by atoms with Crippen LogP contribution in [-0.2, 0) is 0 Å². The first-order valence-corrected chi connectivity index (χ1v) is 7.08. The van der Waals surface area contributed by atoms with Crippen LogP contribution < -0.4 is 5.32 Å². The van der Waals surface area contributed by atoms with E-state index in [2.05, 4.69) is 48.1 Å². The Bertz CT molecular complexity index is 344. The normalized spacial score (nSPS) is 21.7. The molecule has 1 aliphatic heterocycles. The summed E-state index contributed by atoms with van der Waals surface area (Å²) in [5.74, 6) is 0. The average Bonchev–Trinajstić information content (AvgIpc) is 2.89. The van der Waals surface area contributed by atoms with Crippen LogP contribution in [0.2, 0.25) is 0 Å². The van der Waals surface area contributed by atoms with E-state index >= 15 is 0 Å². The number of hydrogen-bond acceptors (Lipinski definition) is 3. The van der Waals surface area contributed by atoms with Gasteiger partial charge in [-0.3, -0.25) is 9.88 Å². The van der Waals surface area contributed by atoms with E-state index in [-0.39, 0.29) is 0 Å². The lowest BCUT2D eigenvalue weighted by molar-refractivity contribution is 0.147. The second-order valence-electron chi connectivity index (χ2n) is 5.51. The van der Waals surface area contributed by atoms with Crippen LogP contribution in [0.3, 0.4) is 0 Å².